The Kier molecular flexibility index (Phi) is 3.17. The standard InChI is InChI=1S/C2H3Cl2O3P/c1-2(3,4)7-8(5)6/h1H3/p+1. The van der Waals surface area contributed by atoms with Gasteiger partial charge < -0.3 is 0 Å². The van der Waals surface area contributed by atoms with Crippen LogP contribution < -0.4 is 0 Å². The molecule has 0 saturated carbocycles. The van der Waals surface area contributed by atoms with Gasteiger partial charge in [-0.1, -0.05) is 27.7 Å². The van der Waals surface area contributed by atoms with Crippen molar-refractivity contribution >= 4 is 31.5 Å². The summed E-state index contributed by atoms with van der Waals surface area (Å²) in [4.78, 5) is 8.01. The van der Waals surface area contributed by atoms with Crippen LogP contribution in [0.3, 0.4) is 0 Å². The van der Waals surface area contributed by atoms with Crippen LogP contribution in [0.5, 0.6) is 0 Å². The molecular weight excluding hydrogens is 174 g/mol. The molecule has 0 saturated heterocycles. The largest absolute Gasteiger partial charge is 0.697 e. The zero-order chi connectivity index (χ0) is 6.78. The van der Waals surface area contributed by atoms with E-state index in [9.17, 15) is 4.57 Å². The van der Waals surface area contributed by atoms with Crippen molar-refractivity contribution in [1.82, 2.24) is 0 Å². The summed E-state index contributed by atoms with van der Waals surface area (Å²) < 4.78 is 12.2. The summed E-state index contributed by atoms with van der Waals surface area (Å²) in [6, 6.07) is 0. The zero-order valence-electron chi connectivity index (χ0n) is 3.97. The molecule has 0 aromatic carbocycles. The van der Waals surface area contributed by atoms with E-state index in [1.165, 1.54) is 6.92 Å². The molecular formula is C2H4Cl2O3P+. The number of hydrogen-bond donors (Lipinski definition) is 1. The Morgan fingerprint density at radius 3 is 2.12 bits per heavy atom. The Hall–Kier alpha value is 0.600. The molecule has 0 fully saturated rings. The fourth-order valence-corrected chi connectivity index (χ4v) is 0.766. The van der Waals surface area contributed by atoms with Crippen LogP contribution in [-0.2, 0) is 9.09 Å². The molecule has 0 amide bonds. The molecule has 6 heteroatoms. The van der Waals surface area contributed by atoms with Gasteiger partial charge in [0, 0.05) is 4.57 Å². The van der Waals surface area contributed by atoms with E-state index in [4.69, 9.17) is 28.1 Å². The topological polar surface area (TPSA) is 46.5 Å². The third kappa shape index (κ3) is 6.60. The average Bonchev–Trinajstić information content (AvgIpc) is 1.21. The van der Waals surface area contributed by atoms with E-state index in [2.05, 4.69) is 4.52 Å². The first-order chi connectivity index (χ1) is 3.42. The fourth-order valence-electron chi connectivity index (χ4n) is 0.137. The van der Waals surface area contributed by atoms with E-state index in [1.54, 1.807) is 0 Å². The highest BCUT2D eigenvalue weighted by atomic mass is 35.5. The number of alkyl halides is 2. The van der Waals surface area contributed by atoms with E-state index in [0.717, 1.165) is 0 Å². The lowest BCUT2D eigenvalue weighted by atomic mass is 10.9. The van der Waals surface area contributed by atoms with Crippen LogP contribution in [-0.4, -0.2) is 9.41 Å². The smallest absolute Gasteiger partial charge is 0.133 e. The first kappa shape index (κ1) is 8.60. The highest BCUT2D eigenvalue weighted by Gasteiger charge is 2.30. The van der Waals surface area contributed by atoms with Gasteiger partial charge in [-0.3, -0.25) is 0 Å². The van der Waals surface area contributed by atoms with E-state index in [0.29, 0.717) is 0 Å². The Bertz CT molecular complexity index is 97.9. The maximum absolute atomic E-state index is 9.77. The summed E-state index contributed by atoms with van der Waals surface area (Å²) >= 11 is 10.3. The van der Waals surface area contributed by atoms with Gasteiger partial charge in [0.05, 0.1) is 0 Å². The molecule has 0 aromatic rings. The van der Waals surface area contributed by atoms with Gasteiger partial charge in [-0.15, -0.1) is 4.89 Å². The van der Waals surface area contributed by atoms with Crippen molar-refractivity contribution in [1.29, 1.82) is 0 Å². The van der Waals surface area contributed by atoms with Crippen molar-refractivity contribution in [2.24, 2.45) is 0 Å². The Morgan fingerprint density at radius 2 is 2.12 bits per heavy atom. The summed E-state index contributed by atoms with van der Waals surface area (Å²) in [6.07, 6.45) is 0. The first-order valence-electron chi connectivity index (χ1n) is 1.65. The molecule has 0 aliphatic heterocycles. The van der Waals surface area contributed by atoms with Crippen LogP contribution in [0.1, 0.15) is 6.92 Å². The average molecular weight is 178 g/mol. The van der Waals surface area contributed by atoms with E-state index in [1.807, 2.05) is 0 Å². The molecule has 0 spiro atoms. The van der Waals surface area contributed by atoms with Crippen LogP contribution in [0.15, 0.2) is 0 Å². The minimum atomic E-state index is -2.70. The molecule has 0 aliphatic carbocycles. The van der Waals surface area contributed by atoms with E-state index < -0.39 is 12.8 Å². The summed E-state index contributed by atoms with van der Waals surface area (Å²) in [5, 5.41) is 0. The first-order valence-corrected chi connectivity index (χ1v) is 3.53. The highest BCUT2D eigenvalue weighted by Crippen LogP contribution is 2.32. The van der Waals surface area contributed by atoms with Crippen LogP contribution in [0.4, 0.5) is 0 Å². The molecule has 8 heavy (non-hydrogen) atoms. The van der Waals surface area contributed by atoms with Gasteiger partial charge in [-0.25, -0.2) is 0 Å². The third-order valence-corrected chi connectivity index (χ3v) is 1.13. The lowest BCUT2D eigenvalue weighted by Crippen LogP contribution is -2.05. The molecule has 1 unspecified atom stereocenters. The van der Waals surface area contributed by atoms with Crippen LogP contribution >= 0.6 is 31.5 Å². The molecule has 0 heterocycles. The van der Waals surface area contributed by atoms with Crippen LogP contribution in [0.25, 0.3) is 0 Å². The van der Waals surface area contributed by atoms with Crippen molar-refractivity contribution in [3.63, 3.8) is 0 Å². The predicted molar refractivity (Wildman–Crippen MR) is 31.0 cm³/mol. The number of halogens is 2. The molecule has 0 aromatic heterocycles. The molecule has 0 rings (SSSR count). The molecule has 48 valence electrons. The SMILES string of the molecule is CC(Cl)(Cl)O[P+](=O)O. The minimum Gasteiger partial charge on any atom is -0.133 e. The Morgan fingerprint density at radius 1 is 1.75 bits per heavy atom. The van der Waals surface area contributed by atoms with Crippen molar-refractivity contribution < 1.29 is 14.0 Å². The van der Waals surface area contributed by atoms with E-state index >= 15 is 0 Å². The molecule has 1 atom stereocenters. The van der Waals surface area contributed by atoms with Crippen molar-refractivity contribution in [3.8, 4) is 0 Å². The Labute approximate surface area is 57.5 Å². The van der Waals surface area contributed by atoms with Crippen LogP contribution in [0, 0.1) is 0 Å². The summed E-state index contributed by atoms with van der Waals surface area (Å²) in [6.45, 7) is 1.25. The maximum atomic E-state index is 9.77. The Balaban J connectivity index is 3.55. The lowest BCUT2D eigenvalue weighted by Gasteiger charge is -1.99. The summed E-state index contributed by atoms with van der Waals surface area (Å²) in [5.41, 5.74) is 0. The normalized spacial score (nSPS) is 13.8. The van der Waals surface area contributed by atoms with Gasteiger partial charge in [-0.2, -0.15) is 0 Å². The molecule has 1 N–H and O–H groups in total. The van der Waals surface area contributed by atoms with Gasteiger partial charge in [-0.05, 0) is 6.92 Å². The second kappa shape index (κ2) is 2.95. The molecule has 0 radical (unpaired) electrons. The molecule has 0 bridgehead atoms. The second-order valence-electron chi connectivity index (χ2n) is 1.14. The maximum Gasteiger partial charge on any atom is 0.697 e. The molecule has 0 aliphatic rings. The summed E-state index contributed by atoms with van der Waals surface area (Å²) in [5.74, 6) is 0. The monoisotopic (exact) mass is 177 g/mol. The van der Waals surface area contributed by atoms with Crippen molar-refractivity contribution in [2.45, 2.75) is 11.4 Å². The lowest BCUT2D eigenvalue weighted by molar-refractivity contribution is 0.239. The van der Waals surface area contributed by atoms with Crippen molar-refractivity contribution in [3.05, 3.63) is 0 Å². The quantitative estimate of drug-likeness (QED) is 0.517. The van der Waals surface area contributed by atoms with Gasteiger partial charge in [0.25, 0.3) is 4.52 Å². The summed E-state index contributed by atoms with van der Waals surface area (Å²) in [7, 11) is -2.70. The molecule has 3 nitrogen and oxygen atoms in total. The van der Waals surface area contributed by atoms with Gasteiger partial charge >= 0.3 is 8.25 Å². The van der Waals surface area contributed by atoms with Gasteiger partial charge in [0.2, 0.25) is 0 Å². The predicted octanol–water partition coefficient (Wildman–Crippen LogP) is 1.80. The van der Waals surface area contributed by atoms with Crippen LogP contribution in [0.2, 0.25) is 0 Å². The highest BCUT2D eigenvalue weighted by molar-refractivity contribution is 7.32. The second-order valence-corrected chi connectivity index (χ2v) is 3.43. The zero-order valence-corrected chi connectivity index (χ0v) is 6.37. The number of rotatable bonds is 2. The van der Waals surface area contributed by atoms with Gasteiger partial charge in [0.15, 0.2) is 0 Å². The van der Waals surface area contributed by atoms with Crippen molar-refractivity contribution in [2.75, 3.05) is 0 Å². The van der Waals surface area contributed by atoms with E-state index in [-0.39, 0.29) is 0 Å². The van der Waals surface area contributed by atoms with Gasteiger partial charge in [0.1, 0.15) is 0 Å². The number of hydrogen-bond acceptors (Lipinski definition) is 2. The third-order valence-electron chi connectivity index (χ3n) is 0.238. The fraction of sp³-hybridized carbons (Fsp3) is 1.00. The minimum absolute atomic E-state index is 1.25.